The first-order chi connectivity index (χ1) is 12.1. The fourth-order valence-corrected chi connectivity index (χ4v) is 2.04. The van der Waals surface area contributed by atoms with E-state index in [1.54, 1.807) is 39.0 Å². The van der Waals surface area contributed by atoms with Crippen LogP contribution in [0.5, 0.6) is 0 Å². The van der Waals surface area contributed by atoms with Gasteiger partial charge in [-0.2, -0.15) is 0 Å². The number of benzene rings is 1. The molecule has 0 atom stereocenters. The van der Waals surface area contributed by atoms with Crippen molar-refractivity contribution >= 4 is 23.8 Å². The summed E-state index contributed by atoms with van der Waals surface area (Å²) < 4.78 is 5.29. The van der Waals surface area contributed by atoms with Gasteiger partial charge in [-0.1, -0.05) is 12.1 Å². The first-order valence-corrected chi connectivity index (χ1v) is 8.31. The number of nitro groups is 1. The minimum absolute atomic E-state index is 0.0707. The lowest BCUT2D eigenvalue weighted by Gasteiger charge is -2.26. The summed E-state index contributed by atoms with van der Waals surface area (Å²) in [6.45, 7) is 8.18. The summed E-state index contributed by atoms with van der Waals surface area (Å²) in [7, 11) is 0. The number of nitro benzene ring substituents is 1. The number of nitrogens with zero attached hydrogens (tertiary/aromatic N) is 2. The van der Waals surface area contributed by atoms with Crippen LogP contribution in [0.25, 0.3) is 6.08 Å². The Bertz CT molecular complexity index is 680. The number of para-hydroxylation sites is 1. The van der Waals surface area contributed by atoms with Crippen molar-refractivity contribution in [2.45, 2.75) is 33.3 Å². The van der Waals surface area contributed by atoms with E-state index in [1.807, 2.05) is 6.92 Å². The van der Waals surface area contributed by atoms with Gasteiger partial charge in [0, 0.05) is 31.8 Å². The molecule has 0 saturated carbocycles. The average Bonchev–Trinajstić information content (AvgIpc) is 2.55. The minimum Gasteiger partial charge on any atom is -0.444 e. The van der Waals surface area contributed by atoms with Crippen LogP contribution in [0.3, 0.4) is 0 Å². The highest BCUT2D eigenvalue weighted by atomic mass is 16.6. The predicted molar refractivity (Wildman–Crippen MR) is 98.6 cm³/mol. The highest BCUT2D eigenvalue weighted by Gasteiger charge is 2.20. The lowest BCUT2D eigenvalue weighted by molar-refractivity contribution is -0.385. The summed E-state index contributed by atoms with van der Waals surface area (Å²) >= 11 is 0. The molecular weight excluding hydrogens is 338 g/mol. The van der Waals surface area contributed by atoms with Gasteiger partial charge in [-0.3, -0.25) is 14.9 Å². The second-order valence-electron chi connectivity index (χ2n) is 6.50. The fraction of sp³-hybridized carbons (Fsp3) is 0.444. The molecule has 0 aliphatic carbocycles. The van der Waals surface area contributed by atoms with Gasteiger partial charge in [-0.05, 0) is 39.8 Å². The van der Waals surface area contributed by atoms with Crippen LogP contribution < -0.4 is 5.32 Å². The molecule has 0 fully saturated rings. The minimum atomic E-state index is -0.582. The first-order valence-electron chi connectivity index (χ1n) is 8.31. The molecular formula is C18H25N3O5. The number of ether oxygens (including phenoxy) is 1. The maximum absolute atomic E-state index is 12.0. The third-order valence-corrected chi connectivity index (χ3v) is 3.26. The standard InChI is InChI=1S/C18H25N3O5/c1-5-20(17(23)26-18(2,3)4)13-12-19-16(22)11-10-14-8-6-7-9-15(14)21(24)25/h6-11H,5,12-13H2,1-4H3,(H,19,22)/b11-10+. The number of hydrogen-bond donors (Lipinski definition) is 1. The van der Waals surface area contributed by atoms with Crippen LogP contribution in [-0.4, -0.2) is 47.1 Å². The molecule has 0 aromatic heterocycles. The van der Waals surface area contributed by atoms with Crippen molar-refractivity contribution in [2.75, 3.05) is 19.6 Å². The number of hydrogen-bond acceptors (Lipinski definition) is 5. The van der Waals surface area contributed by atoms with E-state index >= 15 is 0 Å². The zero-order chi connectivity index (χ0) is 19.7. The van der Waals surface area contributed by atoms with Gasteiger partial charge in [0.1, 0.15) is 5.60 Å². The van der Waals surface area contributed by atoms with E-state index in [-0.39, 0.29) is 12.2 Å². The Morgan fingerprint density at radius 3 is 2.54 bits per heavy atom. The van der Waals surface area contributed by atoms with E-state index in [4.69, 9.17) is 4.74 Å². The topological polar surface area (TPSA) is 102 Å². The summed E-state index contributed by atoms with van der Waals surface area (Å²) in [5.74, 6) is -0.400. The molecule has 2 amide bonds. The summed E-state index contributed by atoms with van der Waals surface area (Å²) in [6, 6.07) is 6.15. The third-order valence-electron chi connectivity index (χ3n) is 3.26. The molecule has 1 aromatic carbocycles. The van der Waals surface area contributed by atoms with E-state index in [0.29, 0.717) is 18.7 Å². The molecule has 1 aromatic rings. The smallest absolute Gasteiger partial charge is 0.410 e. The Balaban J connectivity index is 2.54. The molecule has 8 heteroatoms. The van der Waals surface area contributed by atoms with Crippen LogP contribution in [0.1, 0.15) is 33.3 Å². The quantitative estimate of drug-likeness (QED) is 0.456. The van der Waals surface area contributed by atoms with Crippen LogP contribution in [0.15, 0.2) is 30.3 Å². The second-order valence-corrected chi connectivity index (χ2v) is 6.50. The van der Waals surface area contributed by atoms with E-state index in [0.717, 1.165) is 0 Å². The molecule has 0 spiro atoms. The van der Waals surface area contributed by atoms with Gasteiger partial charge in [0.2, 0.25) is 5.91 Å². The SMILES string of the molecule is CCN(CCNC(=O)/C=C/c1ccccc1[N+](=O)[O-])C(=O)OC(C)(C)C. The zero-order valence-electron chi connectivity index (χ0n) is 15.5. The van der Waals surface area contributed by atoms with E-state index < -0.39 is 22.5 Å². The molecule has 8 nitrogen and oxygen atoms in total. The number of nitrogens with one attached hydrogen (secondary N) is 1. The Morgan fingerprint density at radius 2 is 1.96 bits per heavy atom. The largest absolute Gasteiger partial charge is 0.444 e. The average molecular weight is 363 g/mol. The molecule has 26 heavy (non-hydrogen) atoms. The number of carbonyl (C=O) groups is 2. The maximum Gasteiger partial charge on any atom is 0.410 e. The van der Waals surface area contributed by atoms with Crippen molar-refractivity contribution < 1.29 is 19.2 Å². The van der Waals surface area contributed by atoms with Crippen molar-refractivity contribution in [3.63, 3.8) is 0 Å². The molecule has 0 radical (unpaired) electrons. The van der Waals surface area contributed by atoms with Gasteiger partial charge in [0.25, 0.3) is 5.69 Å². The molecule has 1 rings (SSSR count). The number of amides is 2. The van der Waals surface area contributed by atoms with Crippen molar-refractivity contribution in [1.82, 2.24) is 10.2 Å². The molecule has 0 unspecified atom stereocenters. The van der Waals surface area contributed by atoms with Crippen LogP contribution in [0.2, 0.25) is 0 Å². The molecule has 1 N–H and O–H groups in total. The number of rotatable bonds is 7. The lowest BCUT2D eigenvalue weighted by Crippen LogP contribution is -2.41. The summed E-state index contributed by atoms with van der Waals surface area (Å²) in [5.41, 5.74) is -0.309. The van der Waals surface area contributed by atoms with Crippen LogP contribution in [0.4, 0.5) is 10.5 Å². The van der Waals surface area contributed by atoms with Crippen molar-refractivity contribution in [3.05, 3.63) is 46.0 Å². The molecule has 0 saturated heterocycles. The summed E-state index contributed by atoms with van der Waals surface area (Å²) in [5, 5.41) is 13.6. The van der Waals surface area contributed by atoms with E-state index in [9.17, 15) is 19.7 Å². The van der Waals surface area contributed by atoms with Crippen molar-refractivity contribution in [2.24, 2.45) is 0 Å². The first kappa shape index (κ1) is 21.1. The normalized spacial score (nSPS) is 11.2. The van der Waals surface area contributed by atoms with E-state index in [1.165, 1.54) is 23.1 Å². The lowest BCUT2D eigenvalue weighted by atomic mass is 10.1. The molecule has 0 aliphatic rings. The van der Waals surface area contributed by atoms with Crippen molar-refractivity contribution in [1.29, 1.82) is 0 Å². The van der Waals surface area contributed by atoms with Crippen LogP contribution in [-0.2, 0) is 9.53 Å². The fourth-order valence-electron chi connectivity index (χ4n) is 2.04. The molecule has 142 valence electrons. The predicted octanol–water partition coefficient (Wildman–Crippen LogP) is 2.98. The van der Waals surface area contributed by atoms with Gasteiger partial charge in [-0.15, -0.1) is 0 Å². The van der Waals surface area contributed by atoms with Gasteiger partial charge >= 0.3 is 6.09 Å². The Hall–Kier alpha value is -2.90. The maximum atomic E-state index is 12.0. The molecule has 0 bridgehead atoms. The monoisotopic (exact) mass is 363 g/mol. The van der Waals surface area contributed by atoms with Gasteiger partial charge < -0.3 is 15.0 Å². The Labute approximate surface area is 153 Å². The molecule has 0 aliphatic heterocycles. The van der Waals surface area contributed by atoms with E-state index in [2.05, 4.69) is 5.32 Å². The summed E-state index contributed by atoms with van der Waals surface area (Å²) in [6.07, 6.45) is 2.18. The number of carbonyl (C=O) groups excluding carboxylic acids is 2. The Kier molecular flexibility index (Phi) is 7.77. The zero-order valence-corrected chi connectivity index (χ0v) is 15.5. The highest BCUT2D eigenvalue weighted by Crippen LogP contribution is 2.18. The van der Waals surface area contributed by atoms with Crippen LogP contribution >= 0.6 is 0 Å². The van der Waals surface area contributed by atoms with Gasteiger partial charge in [-0.25, -0.2) is 4.79 Å². The van der Waals surface area contributed by atoms with Crippen molar-refractivity contribution in [3.8, 4) is 0 Å². The highest BCUT2D eigenvalue weighted by molar-refractivity contribution is 5.92. The van der Waals surface area contributed by atoms with Gasteiger partial charge in [0.05, 0.1) is 10.5 Å². The number of likely N-dealkylation sites (N-methyl/N-ethyl adjacent to an activating group) is 1. The van der Waals surface area contributed by atoms with Crippen LogP contribution in [0, 0.1) is 10.1 Å². The Morgan fingerprint density at radius 1 is 1.31 bits per heavy atom. The van der Waals surface area contributed by atoms with Gasteiger partial charge in [0.15, 0.2) is 0 Å². The third kappa shape index (κ3) is 7.33. The second kappa shape index (κ2) is 9.55. The summed E-state index contributed by atoms with van der Waals surface area (Å²) in [4.78, 5) is 35.8. The molecule has 0 heterocycles.